The fraction of sp³-hybridized carbons (Fsp3) is 0.562. The third-order valence-corrected chi connectivity index (χ3v) is 4.22. The van der Waals surface area contributed by atoms with E-state index in [-0.39, 0.29) is 5.91 Å². The summed E-state index contributed by atoms with van der Waals surface area (Å²) in [6.07, 6.45) is -0.441. The number of hydrogen-bond acceptors (Lipinski definition) is 4. The number of hydrogen-bond donors (Lipinski definition) is 2. The number of para-hydroxylation sites is 1. The van der Waals surface area contributed by atoms with Crippen molar-refractivity contribution in [1.82, 2.24) is 10.6 Å². The van der Waals surface area contributed by atoms with Crippen LogP contribution in [0.4, 0.5) is 14.5 Å². The molecule has 7 heteroatoms. The number of carbonyl (C=O) groups is 1. The van der Waals surface area contributed by atoms with Gasteiger partial charge in [-0.25, -0.2) is 8.78 Å². The van der Waals surface area contributed by atoms with Gasteiger partial charge in [0.25, 0.3) is 5.92 Å². The Bertz CT molecular complexity index is 562. The number of amides is 1. The van der Waals surface area contributed by atoms with Crippen molar-refractivity contribution in [3.8, 4) is 0 Å². The summed E-state index contributed by atoms with van der Waals surface area (Å²) in [6.45, 7) is 2.87. The zero-order chi connectivity index (χ0) is 16.3. The lowest BCUT2D eigenvalue weighted by Crippen LogP contribution is -2.41. The number of carbonyl (C=O) groups excluding carboxylic acids is 1. The molecule has 1 aromatic carbocycles. The molecule has 2 saturated heterocycles. The van der Waals surface area contributed by atoms with Gasteiger partial charge in [-0.15, -0.1) is 0 Å². The van der Waals surface area contributed by atoms with Crippen LogP contribution in [0.25, 0.3) is 0 Å². The van der Waals surface area contributed by atoms with E-state index in [0.717, 1.165) is 24.3 Å². The summed E-state index contributed by atoms with van der Waals surface area (Å²) >= 11 is 0. The first-order valence-electron chi connectivity index (χ1n) is 7.85. The van der Waals surface area contributed by atoms with Crippen LogP contribution in [0.5, 0.6) is 0 Å². The van der Waals surface area contributed by atoms with Gasteiger partial charge >= 0.3 is 0 Å². The number of halogens is 2. The number of benzene rings is 1. The van der Waals surface area contributed by atoms with E-state index in [0.29, 0.717) is 19.8 Å². The molecule has 2 aliphatic rings. The zero-order valence-electron chi connectivity index (χ0n) is 12.9. The maximum atomic E-state index is 13.2. The Hall–Kier alpha value is -1.73. The first kappa shape index (κ1) is 16.1. The standard InChI is InChI=1S/C16H21F2N3O2/c17-16(18)9-13(20-11-16)15(22)19-10-12-3-1-2-4-14(12)21-5-7-23-8-6-21/h1-4,13,20H,5-11H2,(H,19,22). The van der Waals surface area contributed by atoms with E-state index in [1.54, 1.807) is 0 Å². The molecule has 2 fully saturated rings. The van der Waals surface area contributed by atoms with E-state index in [4.69, 9.17) is 4.74 Å². The Balaban J connectivity index is 1.61. The summed E-state index contributed by atoms with van der Waals surface area (Å²) in [5.41, 5.74) is 2.04. The van der Waals surface area contributed by atoms with Crippen molar-refractivity contribution < 1.29 is 18.3 Å². The minimum absolute atomic E-state index is 0.329. The third kappa shape index (κ3) is 3.97. The van der Waals surface area contributed by atoms with Gasteiger partial charge in [0.2, 0.25) is 5.91 Å². The molecule has 1 amide bonds. The number of rotatable bonds is 4. The fourth-order valence-electron chi connectivity index (χ4n) is 2.98. The van der Waals surface area contributed by atoms with Crippen molar-refractivity contribution in [1.29, 1.82) is 0 Å². The molecular formula is C16H21F2N3O2. The fourth-order valence-corrected chi connectivity index (χ4v) is 2.98. The molecule has 0 spiro atoms. The highest BCUT2D eigenvalue weighted by atomic mass is 19.3. The summed E-state index contributed by atoms with van der Waals surface area (Å²) < 4.78 is 31.7. The van der Waals surface area contributed by atoms with Crippen molar-refractivity contribution in [2.75, 3.05) is 37.7 Å². The highest BCUT2D eigenvalue weighted by Crippen LogP contribution is 2.25. The summed E-state index contributed by atoms with van der Waals surface area (Å²) in [7, 11) is 0. The SMILES string of the molecule is O=C(NCc1ccccc1N1CCOCC1)C1CC(F)(F)CN1. The minimum Gasteiger partial charge on any atom is -0.378 e. The van der Waals surface area contributed by atoms with Crippen molar-refractivity contribution in [2.24, 2.45) is 0 Å². The average molecular weight is 325 g/mol. The Morgan fingerprint density at radius 3 is 2.78 bits per heavy atom. The second-order valence-electron chi connectivity index (χ2n) is 5.94. The number of alkyl halides is 2. The van der Waals surface area contributed by atoms with Gasteiger partial charge in [0.1, 0.15) is 0 Å². The van der Waals surface area contributed by atoms with Gasteiger partial charge in [-0.3, -0.25) is 10.1 Å². The molecule has 23 heavy (non-hydrogen) atoms. The lowest BCUT2D eigenvalue weighted by Gasteiger charge is -2.30. The quantitative estimate of drug-likeness (QED) is 0.872. The summed E-state index contributed by atoms with van der Waals surface area (Å²) in [6, 6.07) is 7.00. The van der Waals surface area contributed by atoms with E-state index in [1.807, 2.05) is 24.3 Å². The van der Waals surface area contributed by atoms with Crippen LogP contribution in [0.1, 0.15) is 12.0 Å². The molecule has 0 aromatic heterocycles. The number of morpholine rings is 1. The first-order valence-corrected chi connectivity index (χ1v) is 7.85. The van der Waals surface area contributed by atoms with E-state index >= 15 is 0 Å². The Morgan fingerprint density at radius 1 is 1.35 bits per heavy atom. The van der Waals surface area contributed by atoms with E-state index in [1.165, 1.54) is 0 Å². The molecule has 5 nitrogen and oxygen atoms in total. The van der Waals surface area contributed by atoms with Gasteiger partial charge in [-0.2, -0.15) is 0 Å². The molecule has 0 aliphatic carbocycles. The highest BCUT2D eigenvalue weighted by molar-refractivity contribution is 5.82. The lowest BCUT2D eigenvalue weighted by atomic mass is 10.1. The largest absolute Gasteiger partial charge is 0.378 e. The molecule has 3 rings (SSSR count). The van der Waals surface area contributed by atoms with E-state index in [2.05, 4.69) is 15.5 Å². The number of nitrogens with zero attached hydrogens (tertiary/aromatic N) is 1. The molecule has 1 atom stereocenters. The molecule has 0 bridgehead atoms. The first-order chi connectivity index (χ1) is 11.1. The van der Waals surface area contributed by atoms with Crippen LogP contribution in [-0.4, -0.2) is 50.7 Å². The van der Waals surface area contributed by atoms with Gasteiger partial charge in [0, 0.05) is 31.7 Å². The zero-order valence-corrected chi connectivity index (χ0v) is 12.9. The maximum absolute atomic E-state index is 13.2. The van der Waals surface area contributed by atoms with Gasteiger partial charge in [-0.1, -0.05) is 18.2 Å². The van der Waals surface area contributed by atoms with Gasteiger partial charge < -0.3 is 15.0 Å². The van der Waals surface area contributed by atoms with Crippen LogP contribution in [0.15, 0.2) is 24.3 Å². The number of ether oxygens (including phenoxy) is 1. The average Bonchev–Trinajstić information content (AvgIpc) is 2.94. The Labute approximate surface area is 134 Å². The molecule has 0 saturated carbocycles. The van der Waals surface area contributed by atoms with Crippen molar-refractivity contribution in [3.05, 3.63) is 29.8 Å². The molecule has 126 valence electrons. The molecule has 2 heterocycles. The number of nitrogens with one attached hydrogen (secondary N) is 2. The molecule has 1 aromatic rings. The number of anilines is 1. The highest BCUT2D eigenvalue weighted by Gasteiger charge is 2.42. The van der Waals surface area contributed by atoms with Crippen LogP contribution in [-0.2, 0) is 16.1 Å². The molecule has 0 radical (unpaired) electrons. The molecule has 1 unspecified atom stereocenters. The van der Waals surface area contributed by atoms with Crippen LogP contribution in [0, 0.1) is 0 Å². The predicted octanol–water partition coefficient (Wildman–Crippen LogP) is 1.14. The topological polar surface area (TPSA) is 53.6 Å². The lowest BCUT2D eigenvalue weighted by molar-refractivity contribution is -0.123. The van der Waals surface area contributed by atoms with Crippen molar-refractivity contribution >= 4 is 11.6 Å². The van der Waals surface area contributed by atoms with Gasteiger partial charge in [0.15, 0.2) is 0 Å². The third-order valence-electron chi connectivity index (χ3n) is 4.22. The van der Waals surface area contributed by atoms with Crippen LogP contribution < -0.4 is 15.5 Å². The smallest absolute Gasteiger partial charge is 0.262 e. The van der Waals surface area contributed by atoms with Crippen LogP contribution in [0.3, 0.4) is 0 Å². The van der Waals surface area contributed by atoms with Crippen LogP contribution >= 0.6 is 0 Å². The second-order valence-corrected chi connectivity index (χ2v) is 5.94. The Morgan fingerprint density at radius 2 is 2.09 bits per heavy atom. The predicted molar refractivity (Wildman–Crippen MR) is 82.7 cm³/mol. The van der Waals surface area contributed by atoms with Crippen LogP contribution in [0.2, 0.25) is 0 Å². The normalized spacial score (nSPS) is 23.7. The maximum Gasteiger partial charge on any atom is 0.262 e. The van der Waals surface area contributed by atoms with E-state index < -0.39 is 24.9 Å². The molecule has 2 N–H and O–H groups in total. The Kier molecular flexibility index (Phi) is 4.77. The summed E-state index contributed by atoms with van der Waals surface area (Å²) in [5.74, 6) is -3.17. The molecular weight excluding hydrogens is 304 g/mol. The van der Waals surface area contributed by atoms with E-state index in [9.17, 15) is 13.6 Å². The van der Waals surface area contributed by atoms with Gasteiger partial charge in [-0.05, 0) is 11.6 Å². The van der Waals surface area contributed by atoms with Crippen molar-refractivity contribution in [2.45, 2.75) is 24.9 Å². The monoisotopic (exact) mass is 325 g/mol. The van der Waals surface area contributed by atoms with Gasteiger partial charge in [0.05, 0.1) is 25.8 Å². The summed E-state index contributed by atoms with van der Waals surface area (Å²) in [5, 5.41) is 5.34. The van der Waals surface area contributed by atoms with Crippen molar-refractivity contribution in [3.63, 3.8) is 0 Å². The second kappa shape index (κ2) is 6.80. The minimum atomic E-state index is -2.80. The summed E-state index contributed by atoms with van der Waals surface area (Å²) in [4.78, 5) is 14.3. The molecule has 2 aliphatic heterocycles.